The number of rotatable bonds is 4. The molecule has 4 nitrogen and oxygen atoms in total. The highest BCUT2D eigenvalue weighted by molar-refractivity contribution is 6.42. The van der Waals surface area contributed by atoms with Gasteiger partial charge in [-0.1, -0.05) is 40.9 Å². The summed E-state index contributed by atoms with van der Waals surface area (Å²) in [5.74, 6) is -1.66. The molecule has 2 N–H and O–H groups in total. The number of carboxylic acids is 1. The number of benzene rings is 2. The van der Waals surface area contributed by atoms with Gasteiger partial charge in [-0.3, -0.25) is 4.79 Å². The van der Waals surface area contributed by atoms with Gasteiger partial charge in [-0.2, -0.15) is 0 Å². The molecule has 118 valence electrons. The van der Waals surface area contributed by atoms with Gasteiger partial charge < -0.3 is 10.4 Å². The second-order valence-corrected chi connectivity index (χ2v) is 5.74. The standard InChI is InChI=1S/C16H10Cl3NO3/c17-10-3-4-11(16(22)23)14(8-10)20-15(21)6-2-9-1-5-12(18)13(19)7-9/h1-8H,(H,20,21)(H,22,23)/b6-2+. The fourth-order valence-electron chi connectivity index (χ4n) is 1.77. The Kier molecular flexibility index (Phi) is 5.66. The summed E-state index contributed by atoms with van der Waals surface area (Å²) in [5.41, 5.74) is 0.749. The topological polar surface area (TPSA) is 66.4 Å². The lowest BCUT2D eigenvalue weighted by Crippen LogP contribution is -2.12. The number of carbonyl (C=O) groups excluding carboxylic acids is 1. The monoisotopic (exact) mass is 369 g/mol. The SMILES string of the molecule is O=C(/C=C/c1ccc(Cl)c(Cl)c1)Nc1cc(Cl)ccc1C(=O)O. The highest BCUT2D eigenvalue weighted by atomic mass is 35.5. The third kappa shape index (κ3) is 4.73. The molecule has 23 heavy (non-hydrogen) atoms. The summed E-state index contributed by atoms with van der Waals surface area (Å²) in [4.78, 5) is 23.1. The Bertz CT molecular complexity index is 803. The van der Waals surface area contributed by atoms with Gasteiger partial charge in [-0.15, -0.1) is 0 Å². The molecule has 0 aliphatic heterocycles. The van der Waals surface area contributed by atoms with Crippen molar-refractivity contribution in [2.24, 2.45) is 0 Å². The third-order valence-corrected chi connectivity index (χ3v) is 3.81. The Morgan fingerprint density at radius 1 is 1.00 bits per heavy atom. The number of halogens is 3. The maximum atomic E-state index is 11.9. The molecule has 1 amide bonds. The Hall–Kier alpha value is -2.01. The smallest absolute Gasteiger partial charge is 0.337 e. The molecule has 0 saturated heterocycles. The van der Waals surface area contributed by atoms with Gasteiger partial charge in [-0.25, -0.2) is 4.79 Å². The van der Waals surface area contributed by atoms with Crippen LogP contribution in [0.15, 0.2) is 42.5 Å². The van der Waals surface area contributed by atoms with Crippen molar-refractivity contribution in [2.45, 2.75) is 0 Å². The van der Waals surface area contributed by atoms with E-state index in [1.165, 1.54) is 30.4 Å². The van der Waals surface area contributed by atoms with Crippen LogP contribution in [0.4, 0.5) is 5.69 Å². The van der Waals surface area contributed by atoms with Crippen LogP contribution in [0, 0.1) is 0 Å². The number of amides is 1. The fourth-order valence-corrected chi connectivity index (χ4v) is 2.25. The molecule has 0 aromatic heterocycles. The Balaban J connectivity index is 2.16. The van der Waals surface area contributed by atoms with Crippen LogP contribution in [0.5, 0.6) is 0 Å². The Labute approximate surface area is 147 Å². The first kappa shape index (κ1) is 17.3. The molecule has 2 aromatic carbocycles. The minimum Gasteiger partial charge on any atom is -0.478 e. The molecule has 0 spiro atoms. The van der Waals surface area contributed by atoms with Gasteiger partial charge in [0.2, 0.25) is 5.91 Å². The molecule has 0 saturated carbocycles. The van der Waals surface area contributed by atoms with E-state index in [1.807, 2.05) is 0 Å². The van der Waals surface area contributed by atoms with E-state index in [4.69, 9.17) is 39.9 Å². The number of carboxylic acid groups (broad SMARTS) is 1. The predicted octanol–water partition coefficient (Wildman–Crippen LogP) is 5.00. The quantitative estimate of drug-likeness (QED) is 0.745. The van der Waals surface area contributed by atoms with E-state index < -0.39 is 11.9 Å². The van der Waals surface area contributed by atoms with Crippen molar-refractivity contribution in [1.29, 1.82) is 0 Å². The third-order valence-electron chi connectivity index (χ3n) is 2.84. The summed E-state index contributed by atoms with van der Waals surface area (Å²) in [6, 6.07) is 9.04. The zero-order valence-electron chi connectivity index (χ0n) is 11.5. The van der Waals surface area contributed by atoms with Crippen LogP contribution in [0.3, 0.4) is 0 Å². The van der Waals surface area contributed by atoms with E-state index in [2.05, 4.69) is 5.32 Å². The minimum absolute atomic E-state index is 0.0503. The summed E-state index contributed by atoms with van der Waals surface area (Å²) in [5, 5.41) is 12.7. The van der Waals surface area contributed by atoms with Gasteiger partial charge in [0.05, 0.1) is 21.3 Å². The summed E-state index contributed by atoms with van der Waals surface area (Å²) in [6.45, 7) is 0. The number of carbonyl (C=O) groups is 2. The number of hydrogen-bond donors (Lipinski definition) is 2. The summed E-state index contributed by atoms with van der Waals surface area (Å²) in [6.07, 6.45) is 2.79. The normalized spacial score (nSPS) is 10.7. The van der Waals surface area contributed by atoms with Gasteiger partial charge in [0.15, 0.2) is 0 Å². The lowest BCUT2D eigenvalue weighted by Gasteiger charge is -2.07. The predicted molar refractivity (Wildman–Crippen MR) is 92.5 cm³/mol. The average Bonchev–Trinajstić information content (AvgIpc) is 2.48. The van der Waals surface area contributed by atoms with Crippen molar-refractivity contribution in [3.63, 3.8) is 0 Å². The maximum absolute atomic E-state index is 11.9. The fraction of sp³-hybridized carbons (Fsp3) is 0. The zero-order chi connectivity index (χ0) is 17.0. The van der Waals surface area contributed by atoms with Crippen molar-refractivity contribution in [2.75, 3.05) is 5.32 Å². The van der Waals surface area contributed by atoms with Gasteiger partial charge in [0.25, 0.3) is 0 Å². The van der Waals surface area contributed by atoms with E-state index in [-0.39, 0.29) is 11.3 Å². The van der Waals surface area contributed by atoms with Crippen molar-refractivity contribution in [1.82, 2.24) is 0 Å². The molecule has 0 aliphatic rings. The maximum Gasteiger partial charge on any atom is 0.337 e. The lowest BCUT2D eigenvalue weighted by atomic mass is 10.1. The first-order chi connectivity index (χ1) is 10.9. The van der Waals surface area contributed by atoms with Crippen molar-refractivity contribution in [3.8, 4) is 0 Å². The highest BCUT2D eigenvalue weighted by Crippen LogP contribution is 2.23. The van der Waals surface area contributed by atoms with Crippen LogP contribution in [0.25, 0.3) is 6.08 Å². The van der Waals surface area contributed by atoms with E-state index >= 15 is 0 Å². The van der Waals surface area contributed by atoms with Gasteiger partial charge in [0, 0.05) is 11.1 Å². The molecule has 2 aromatic rings. The van der Waals surface area contributed by atoms with Gasteiger partial charge in [-0.05, 0) is 42.0 Å². The number of anilines is 1. The van der Waals surface area contributed by atoms with Crippen LogP contribution in [-0.4, -0.2) is 17.0 Å². The molecular weight excluding hydrogens is 361 g/mol. The van der Waals surface area contributed by atoms with Gasteiger partial charge >= 0.3 is 5.97 Å². The van der Waals surface area contributed by atoms with Crippen molar-refractivity contribution < 1.29 is 14.7 Å². The summed E-state index contributed by atoms with van der Waals surface area (Å²) >= 11 is 17.5. The van der Waals surface area contributed by atoms with E-state index in [0.29, 0.717) is 20.6 Å². The zero-order valence-corrected chi connectivity index (χ0v) is 13.8. The molecule has 0 bridgehead atoms. The summed E-state index contributed by atoms with van der Waals surface area (Å²) in [7, 11) is 0. The van der Waals surface area contributed by atoms with E-state index in [0.717, 1.165) is 0 Å². The minimum atomic E-state index is -1.16. The molecule has 7 heteroatoms. The van der Waals surface area contributed by atoms with Crippen molar-refractivity contribution >= 4 is 58.4 Å². The molecule has 0 unspecified atom stereocenters. The number of nitrogens with one attached hydrogen (secondary N) is 1. The second-order valence-electron chi connectivity index (χ2n) is 4.49. The van der Waals surface area contributed by atoms with Crippen LogP contribution in [0.2, 0.25) is 15.1 Å². The summed E-state index contributed by atoms with van der Waals surface area (Å²) < 4.78 is 0. The van der Waals surface area contributed by atoms with Crippen LogP contribution < -0.4 is 5.32 Å². The number of aromatic carboxylic acids is 1. The Morgan fingerprint density at radius 2 is 1.74 bits per heavy atom. The molecule has 0 aliphatic carbocycles. The van der Waals surface area contributed by atoms with Gasteiger partial charge in [0.1, 0.15) is 0 Å². The average molecular weight is 371 g/mol. The molecular formula is C16H10Cl3NO3. The first-order valence-electron chi connectivity index (χ1n) is 6.34. The van der Waals surface area contributed by atoms with Crippen LogP contribution in [-0.2, 0) is 4.79 Å². The van der Waals surface area contributed by atoms with Crippen molar-refractivity contribution in [3.05, 3.63) is 68.7 Å². The molecule has 0 fully saturated rings. The molecule has 0 atom stereocenters. The van der Waals surface area contributed by atoms with Crippen LogP contribution in [0.1, 0.15) is 15.9 Å². The first-order valence-corrected chi connectivity index (χ1v) is 7.47. The largest absolute Gasteiger partial charge is 0.478 e. The van der Waals surface area contributed by atoms with Crippen LogP contribution >= 0.6 is 34.8 Å². The van der Waals surface area contributed by atoms with E-state index in [1.54, 1.807) is 18.2 Å². The molecule has 2 rings (SSSR count). The number of hydrogen-bond acceptors (Lipinski definition) is 2. The van der Waals surface area contributed by atoms with E-state index in [9.17, 15) is 9.59 Å². The highest BCUT2D eigenvalue weighted by Gasteiger charge is 2.11. The Morgan fingerprint density at radius 3 is 2.39 bits per heavy atom. The lowest BCUT2D eigenvalue weighted by molar-refractivity contribution is -0.111. The molecule has 0 radical (unpaired) electrons. The molecule has 0 heterocycles. The second kappa shape index (κ2) is 7.51.